The first kappa shape index (κ1) is 13.1. The molecule has 2 aromatic carbocycles. The second kappa shape index (κ2) is 5.55. The van der Waals surface area contributed by atoms with E-state index in [-0.39, 0.29) is 6.04 Å². The highest BCUT2D eigenvalue weighted by Crippen LogP contribution is 2.29. The van der Waals surface area contributed by atoms with E-state index in [1.165, 1.54) is 5.56 Å². The largest absolute Gasteiger partial charge is 0.457 e. The van der Waals surface area contributed by atoms with Crippen molar-refractivity contribution in [3.05, 3.63) is 58.1 Å². The summed E-state index contributed by atoms with van der Waals surface area (Å²) in [5.74, 6) is 1.65. The zero-order chi connectivity index (χ0) is 13.1. The summed E-state index contributed by atoms with van der Waals surface area (Å²) < 4.78 is 6.78. The first-order valence-corrected chi connectivity index (χ1v) is 6.65. The second-order valence-corrected chi connectivity index (χ2v) is 5.24. The van der Waals surface area contributed by atoms with Gasteiger partial charge in [-0.05, 0) is 49.2 Å². The Balaban J connectivity index is 2.23. The van der Waals surface area contributed by atoms with Gasteiger partial charge in [-0.25, -0.2) is 0 Å². The van der Waals surface area contributed by atoms with Gasteiger partial charge in [-0.2, -0.15) is 0 Å². The molecule has 0 saturated carbocycles. The Morgan fingerprint density at radius 1 is 1.11 bits per heavy atom. The number of nitrogens with two attached hydrogens (primary N) is 1. The van der Waals surface area contributed by atoms with Crippen molar-refractivity contribution in [1.82, 2.24) is 0 Å². The predicted molar refractivity (Wildman–Crippen MR) is 78.0 cm³/mol. The molecule has 3 heteroatoms. The van der Waals surface area contributed by atoms with Gasteiger partial charge in [0.25, 0.3) is 0 Å². The number of aryl methyl sites for hydroxylation is 1. The Kier molecular flexibility index (Phi) is 4.04. The summed E-state index contributed by atoms with van der Waals surface area (Å²) in [6.45, 7) is 4.00. The van der Waals surface area contributed by atoms with Crippen molar-refractivity contribution in [2.24, 2.45) is 5.73 Å². The number of benzene rings is 2. The Morgan fingerprint density at radius 3 is 2.44 bits per heavy atom. The van der Waals surface area contributed by atoms with Crippen molar-refractivity contribution >= 4 is 15.9 Å². The summed E-state index contributed by atoms with van der Waals surface area (Å²) in [6, 6.07) is 13.9. The highest BCUT2D eigenvalue weighted by molar-refractivity contribution is 9.10. The average molecular weight is 306 g/mol. The Bertz CT molecular complexity index is 552. The average Bonchev–Trinajstić information content (AvgIpc) is 2.28. The van der Waals surface area contributed by atoms with Gasteiger partial charge in [0, 0.05) is 10.5 Å². The zero-order valence-electron chi connectivity index (χ0n) is 10.5. The number of hydrogen-bond acceptors (Lipinski definition) is 2. The van der Waals surface area contributed by atoms with Crippen molar-refractivity contribution in [2.75, 3.05) is 0 Å². The first-order valence-electron chi connectivity index (χ1n) is 5.86. The molecule has 0 amide bonds. The second-order valence-electron chi connectivity index (χ2n) is 4.39. The fraction of sp³-hybridized carbons (Fsp3) is 0.200. The zero-order valence-corrected chi connectivity index (χ0v) is 12.1. The van der Waals surface area contributed by atoms with Gasteiger partial charge in [-0.15, -0.1) is 0 Å². The normalized spacial score (nSPS) is 12.2. The van der Waals surface area contributed by atoms with Gasteiger partial charge in [0.2, 0.25) is 0 Å². The van der Waals surface area contributed by atoms with E-state index in [4.69, 9.17) is 10.5 Å². The van der Waals surface area contributed by atoms with Crippen molar-refractivity contribution in [3.63, 3.8) is 0 Å². The molecule has 2 N–H and O–H groups in total. The van der Waals surface area contributed by atoms with Crippen LogP contribution in [0.5, 0.6) is 11.5 Å². The van der Waals surface area contributed by atoms with Crippen LogP contribution >= 0.6 is 15.9 Å². The van der Waals surface area contributed by atoms with E-state index < -0.39 is 0 Å². The topological polar surface area (TPSA) is 35.2 Å². The van der Waals surface area contributed by atoms with Crippen LogP contribution in [-0.4, -0.2) is 0 Å². The maximum atomic E-state index is 5.87. The van der Waals surface area contributed by atoms with Crippen LogP contribution < -0.4 is 10.5 Å². The molecule has 0 aliphatic carbocycles. The van der Waals surface area contributed by atoms with Crippen LogP contribution in [0.15, 0.2) is 46.9 Å². The number of rotatable bonds is 3. The molecule has 0 spiro atoms. The monoisotopic (exact) mass is 305 g/mol. The van der Waals surface area contributed by atoms with Crippen molar-refractivity contribution in [2.45, 2.75) is 19.9 Å². The number of halogens is 1. The molecule has 0 saturated heterocycles. The van der Waals surface area contributed by atoms with Crippen molar-refractivity contribution in [1.29, 1.82) is 0 Å². The van der Waals surface area contributed by atoms with Gasteiger partial charge in [-0.1, -0.05) is 34.1 Å². The highest BCUT2D eigenvalue weighted by Gasteiger charge is 2.06. The van der Waals surface area contributed by atoms with Gasteiger partial charge in [0.1, 0.15) is 11.5 Å². The van der Waals surface area contributed by atoms with Crippen LogP contribution in [0, 0.1) is 6.92 Å². The number of hydrogen-bond donors (Lipinski definition) is 1. The molecule has 0 bridgehead atoms. The lowest BCUT2D eigenvalue weighted by molar-refractivity contribution is 0.481. The minimum Gasteiger partial charge on any atom is -0.457 e. The summed E-state index contributed by atoms with van der Waals surface area (Å²) in [5, 5.41) is 0. The van der Waals surface area contributed by atoms with Crippen LogP contribution in [0.3, 0.4) is 0 Å². The fourth-order valence-corrected chi connectivity index (χ4v) is 2.47. The third-order valence-electron chi connectivity index (χ3n) is 2.69. The molecule has 1 atom stereocenters. The lowest BCUT2D eigenvalue weighted by Crippen LogP contribution is -2.05. The third-order valence-corrected chi connectivity index (χ3v) is 3.37. The fourth-order valence-electron chi connectivity index (χ4n) is 1.76. The Hall–Kier alpha value is -1.32. The Labute approximate surface area is 116 Å². The lowest BCUT2D eigenvalue weighted by atomic mass is 10.1. The maximum Gasteiger partial charge on any atom is 0.128 e. The highest BCUT2D eigenvalue weighted by atomic mass is 79.9. The van der Waals surface area contributed by atoms with E-state index in [2.05, 4.69) is 15.9 Å². The molecule has 0 aromatic heterocycles. The quantitative estimate of drug-likeness (QED) is 0.901. The van der Waals surface area contributed by atoms with Gasteiger partial charge in [0.05, 0.1) is 0 Å². The van der Waals surface area contributed by atoms with E-state index >= 15 is 0 Å². The van der Waals surface area contributed by atoms with Crippen LogP contribution in [0.25, 0.3) is 0 Å². The maximum absolute atomic E-state index is 5.87. The third kappa shape index (κ3) is 3.12. The van der Waals surface area contributed by atoms with Crippen LogP contribution in [0.2, 0.25) is 0 Å². The molecular formula is C15H16BrNO. The van der Waals surface area contributed by atoms with Crippen molar-refractivity contribution < 1.29 is 4.74 Å². The SMILES string of the molecule is Cc1cccc(Oc2ccc([C@H](C)N)c(Br)c2)c1. The first-order chi connectivity index (χ1) is 8.56. The van der Waals surface area contributed by atoms with E-state index in [0.717, 1.165) is 21.5 Å². The van der Waals surface area contributed by atoms with Gasteiger partial charge < -0.3 is 10.5 Å². The van der Waals surface area contributed by atoms with Crippen molar-refractivity contribution in [3.8, 4) is 11.5 Å². The molecule has 18 heavy (non-hydrogen) atoms. The van der Waals surface area contributed by atoms with Crippen LogP contribution in [0.1, 0.15) is 24.1 Å². The lowest BCUT2D eigenvalue weighted by Gasteiger charge is -2.11. The number of ether oxygens (including phenoxy) is 1. The van der Waals surface area contributed by atoms with Crippen LogP contribution in [-0.2, 0) is 0 Å². The summed E-state index contributed by atoms with van der Waals surface area (Å²) in [4.78, 5) is 0. The van der Waals surface area contributed by atoms with Crippen LogP contribution in [0.4, 0.5) is 0 Å². The summed E-state index contributed by atoms with van der Waals surface area (Å²) in [6.07, 6.45) is 0. The molecule has 0 aliphatic rings. The summed E-state index contributed by atoms with van der Waals surface area (Å²) in [7, 11) is 0. The van der Waals surface area contributed by atoms with E-state index in [0.29, 0.717) is 0 Å². The van der Waals surface area contributed by atoms with E-state index in [1.807, 2.05) is 56.3 Å². The predicted octanol–water partition coefficient (Wildman–Crippen LogP) is 4.57. The summed E-state index contributed by atoms with van der Waals surface area (Å²) in [5.41, 5.74) is 8.12. The smallest absolute Gasteiger partial charge is 0.128 e. The van der Waals surface area contributed by atoms with Gasteiger partial charge >= 0.3 is 0 Å². The molecule has 0 radical (unpaired) electrons. The van der Waals surface area contributed by atoms with E-state index in [1.54, 1.807) is 0 Å². The molecule has 0 aliphatic heterocycles. The van der Waals surface area contributed by atoms with Gasteiger partial charge in [-0.3, -0.25) is 0 Å². The minimum absolute atomic E-state index is 0.00685. The van der Waals surface area contributed by atoms with E-state index in [9.17, 15) is 0 Å². The molecule has 94 valence electrons. The minimum atomic E-state index is 0.00685. The molecule has 2 aromatic rings. The Morgan fingerprint density at radius 2 is 1.83 bits per heavy atom. The molecule has 0 heterocycles. The summed E-state index contributed by atoms with van der Waals surface area (Å²) >= 11 is 3.52. The molecule has 0 fully saturated rings. The molecule has 2 rings (SSSR count). The molecular weight excluding hydrogens is 290 g/mol. The molecule has 0 unspecified atom stereocenters. The van der Waals surface area contributed by atoms with Gasteiger partial charge in [0.15, 0.2) is 0 Å². The standard InChI is InChI=1S/C15H16BrNO/c1-10-4-3-5-12(8-10)18-13-6-7-14(11(2)17)15(16)9-13/h3-9,11H,17H2,1-2H3/t11-/m0/s1. The molecule has 2 nitrogen and oxygen atoms in total.